The largest absolute Gasteiger partial charge is 0.322 e. The van der Waals surface area contributed by atoms with E-state index in [2.05, 4.69) is 26.0 Å². The molecule has 1 aromatic carbocycles. The maximum Gasteiger partial charge on any atom is 0.259 e. The number of aromatic nitrogens is 4. The Balaban J connectivity index is 1.38. The zero-order chi connectivity index (χ0) is 18.4. The molecule has 0 aliphatic heterocycles. The molecular formula is C21H21N5O. The van der Waals surface area contributed by atoms with Gasteiger partial charge < -0.3 is 5.32 Å². The molecule has 0 saturated heterocycles. The summed E-state index contributed by atoms with van der Waals surface area (Å²) in [4.78, 5) is 20.4. The van der Waals surface area contributed by atoms with Gasteiger partial charge in [0.2, 0.25) is 0 Å². The molecule has 0 spiro atoms. The molecular weight excluding hydrogens is 338 g/mol. The molecule has 5 rings (SSSR count). The van der Waals surface area contributed by atoms with Crippen molar-refractivity contribution in [1.82, 2.24) is 19.7 Å². The van der Waals surface area contributed by atoms with E-state index < -0.39 is 0 Å². The van der Waals surface area contributed by atoms with Crippen LogP contribution in [0.4, 0.5) is 5.69 Å². The smallest absolute Gasteiger partial charge is 0.259 e. The van der Waals surface area contributed by atoms with Crippen molar-refractivity contribution >= 4 is 11.6 Å². The molecule has 3 aromatic rings. The van der Waals surface area contributed by atoms with E-state index in [1.807, 2.05) is 24.3 Å². The van der Waals surface area contributed by atoms with Gasteiger partial charge in [-0.15, -0.1) is 0 Å². The predicted octanol–water partition coefficient (Wildman–Crippen LogP) is 3.98. The molecule has 0 radical (unpaired) electrons. The summed E-state index contributed by atoms with van der Waals surface area (Å²) in [5.41, 5.74) is 5.49. The van der Waals surface area contributed by atoms with Crippen LogP contribution >= 0.6 is 0 Å². The summed E-state index contributed by atoms with van der Waals surface area (Å²) in [6, 6.07) is 10.2. The Morgan fingerprint density at radius 3 is 2.52 bits per heavy atom. The first kappa shape index (κ1) is 16.2. The number of nitrogens with zero attached hydrogens (tertiary/aromatic N) is 4. The van der Waals surface area contributed by atoms with Crippen LogP contribution in [0, 0.1) is 6.92 Å². The lowest BCUT2D eigenvalue weighted by atomic mass is 10.2. The average Bonchev–Trinajstić information content (AvgIpc) is 3.61. The van der Waals surface area contributed by atoms with Crippen molar-refractivity contribution < 1.29 is 4.79 Å². The van der Waals surface area contributed by atoms with E-state index in [4.69, 9.17) is 5.10 Å². The van der Waals surface area contributed by atoms with Crippen molar-refractivity contribution in [3.8, 4) is 5.69 Å². The minimum atomic E-state index is -0.199. The molecule has 6 heteroatoms. The number of benzene rings is 1. The highest BCUT2D eigenvalue weighted by molar-refractivity contribution is 6.04. The van der Waals surface area contributed by atoms with Crippen LogP contribution in [0.5, 0.6) is 0 Å². The zero-order valence-electron chi connectivity index (χ0n) is 15.2. The molecule has 6 nitrogen and oxygen atoms in total. The van der Waals surface area contributed by atoms with E-state index in [1.165, 1.54) is 49.6 Å². The van der Waals surface area contributed by atoms with Crippen LogP contribution in [0.1, 0.15) is 65.0 Å². The summed E-state index contributed by atoms with van der Waals surface area (Å²) in [6.45, 7) is 1.80. The number of hydrogen-bond donors (Lipinski definition) is 1. The van der Waals surface area contributed by atoms with Crippen LogP contribution in [0.2, 0.25) is 0 Å². The second kappa shape index (κ2) is 6.30. The first-order valence-corrected chi connectivity index (χ1v) is 9.47. The van der Waals surface area contributed by atoms with Gasteiger partial charge in [-0.2, -0.15) is 5.10 Å². The molecule has 2 heterocycles. The van der Waals surface area contributed by atoms with E-state index in [-0.39, 0.29) is 5.91 Å². The third-order valence-corrected chi connectivity index (χ3v) is 5.27. The van der Waals surface area contributed by atoms with E-state index in [0.717, 1.165) is 11.4 Å². The van der Waals surface area contributed by atoms with Gasteiger partial charge in [-0.1, -0.05) is 0 Å². The van der Waals surface area contributed by atoms with Crippen molar-refractivity contribution in [2.24, 2.45) is 0 Å². The molecule has 2 fully saturated rings. The average molecular weight is 359 g/mol. The lowest BCUT2D eigenvalue weighted by Crippen LogP contribution is -2.14. The second-order valence-corrected chi connectivity index (χ2v) is 7.48. The third-order valence-electron chi connectivity index (χ3n) is 5.27. The predicted molar refractivity (Wildman–Crippen MR) is 102 cm³/mol. The number of anilines is 1. The van der Waals surface area contributed by atoms with Crippen LogP contribution in [-0.2, 0) is 0 Å². The first-order valence-electron chi connectivity index (χ1n) is 9.47. The number of hydrogen-bond acceptors (Lipinski definition) is 4. The van der Waals surface area contributed by atoms with Crippen molar-refractivity contribution in [3.05, 3.63) is 65.5 Å². The van der Waals surface area contributed by atoms with Crippen molar-refractivity contribution in [3.63, 3.8) is 0 Å². The Labute approximate surface area is 157 Å². The van der Waals surface area contributed by atoms with E-state index >= 15 is 0 Å². The van der Waals surface area contributed by atoms with Gasteiger partial charge in [0.1, 0.15) is 6.33 Å². The highest BCUT2D eigenvalue weighted by Crippen LogP contribution is 2.45. The van der Waals surface area contributed by atoms with E-state index in [9.17, 15) is 4.79 Å². The molecule has 2 aliphatic rings. The summed E-state index contributed by atoms with van der Waals surface area (Å²) in [6.07, 6.45) is 8.00. The Morgan fingerprint density at radius 1 is 1.11 bits per heavy atom. The summed E-state index contributed by atoms with van der Waals surface area (Å²) in [7, 11) is 0. The summed E-state index contributed by atoms with van der Waals surface area (Å²) in [5, 5.41) is 7.78. The highest BCUT2D eigenvalue weighted by Gasteiger charge is 2.32. The molecule has 1 N–H and O–H groups in total. The van der Waals surface area contributed by atoms with Gasteiger partial charge in [0.15, 0.2) is 0 Å². The SMILES string of the molecule is Cc1ncncc1C(=O)Nc1ccc(-n2nc(C3CC3)cc2C2CC2)cc1. The van der Waals surface area contributed by atoms with Crippen molar-refractivity contribution in [2.45, 2.75) is 44.4 Å². The topological polar surface area (TPSA) is 72.7 Å². The number of nitrogens with one attached hydrogen (secondary N) is 1. The fourth-order valence-electron chi connectivity index (χ4n) is 3.37. The third kappa shape index (κ3) is 3.23. The van der Waals surface area contributed by atoms with E-state index in [1.54, 1.807) is 6.92 Å². The van der Waals surface area contributed by atoms with Crippen molar-refractivity contribution in [1.29, 1.82) is 0 Å². The number of carbonyl (C=O) groups is 1. The second-order valence-electron chi connectivity index (χ2n) is 7.48. The monoisotopic (exact) mass is 359 g/mol. The Hall–Kier alpha value is -3.02. The molecule has 0 unspecified atom stereocenters. The number of carbonyl (C=O) groups excluding carboxylic acids is 1. The van der Waals surface area contributed by atoms with Gasteiger partial charge in [0.05, 0.1) is 22.6 Å². The molecule has 27 heavy (non-hydrogen) atoms. The van der Waals surface area contributed by atoms with Gasteiger partial charge in [-0.25, -0.2) is 14.6 Å². The van der Waals surface area contributed by atoms with Gasteiger partial charge in [0, 0.05) is 29.4 Å². The summed E-state index contributed by atoms with van der Waals surface area (Å²) < 4.78 is 2.09. The Kier molecular flexibility index (Phi) is 3.77. The van der Waals surface area contributed by atoms with Gasteiger partial charge in [-0.3, -0.25) is 4.79 Å². The number of aryl methyl sites for hydroxylation is 1. The maximum atomic E-state index is 12.4. The number of rotatable bonds is 5. The van der Waals surface area contributed by atoms with Gasteiger partial charge >= 0.3 is 0 Å². The fourth-order valence-corrected chi connectivity index (χ4v) is 3.37. The summed E-state index contributed by atoms with van der Waals surface area (Å²) >= 11 is 0. The van der Waals surface area contributed by atoms with Crippen LogP contribution in [0.25, 0.3) is 5.69 Å². The fraction of sp³-hybridized carbons (Fsp3) is 0.333. The minimum Gasteiger partial charge on any atom is -0.322 e. The lowest BCUT2D eigenvalue weighted by Gasteiger charge is -2.09. The molecule has 0 bridgehead atoms. The van der Waals surface area contributed by atoms with Crippen molar-refractivity contribution in [2.75, 3.05) is 5.32 Å². The van der Waals surface area contributed by atoms with Crippen LogP contribution < -0.4 is 5.32 Å². The zero-order valence-corrected chi connectivity index (χ0v) is 15.2. The molecule has 136 valence electrons. The van der Waals surface area contributed by atoms with Crippen LogP contribution in [0.3, 0.4) is 0 Å². The molecule has 2 aromatic heterocycles. The van der Waals surface area contributed by atoms with E-state index in [0.29, 0.717) is 23.1 Å². The van der Waals surface area contributed by atoms with Crippen LogP contribution in [-0.4, -0.2) is 25.7 Å². The molecule has 0 atom stereocenters. The van der Waals surface area contributed by atoms with Crippen LogP contribution in [0.15, 0.2) is 42.9 Å². The maximum absolute atomic E-state index is 12.4. The highest BCUT2D eigenvalue weighted by atomic mass is 16.1. The lowest BCUT2D eigenvalue weighted by molar-refractivity contribution is 0.102. The Bertz CT molecular complexity index is 1000. The Morgan fingerprint density at radius 2 is 1.85 bits per heavy atom. The molecule has 1 amide bonds. The normalized spacial score (nSPS) is 16.3. The summed E-state index contributed by atoms with van der Waals surface area (Å²) in [5.74, 6) is 1.10. The van der Waals surface area contributed by atoms with Gasteiger partial charge in [-0.05, 0) is 62.9 Å². The first-order chi connectivity index (χ1) is 13.2. The standard InChI is InChI=1S/C21H21N5O/c1-13-18(11-22-12-23-13)21(27)24-16-6-8-17(9-7-16)26-20(15-4-5-15)10-19(25-26)14-2-3-14/h6-12,14-15H,2-5H2,1H3,(H,24,27). The number of amides is 1. The molecule has 2 aliphatic carbocycles. The van der Waals surface area contributed by atoms with Gasteiger partial charge in [0.25, 0.3) is 5.91 Å². The molecule has 2 saturated carbocycles. The quantitative estimate of drug-likeness (QED) is 0.748. The minimum absolute atomic E-state index is 0.199.